The molecule has 137 heavy (non-hydrogen) atoms. The summed E-state index contributed by atoms with van der Waals surface area (Å²) in [6, 6.07) is 126. The third-order valence-corrected chi connectivity index (χ3v) is 20.6. The van der Waals surface area contributed by atoms with Crippen molar-refractivity contribution in [1.29, 1.82) is 0 Å². The summed E-state index contributed by atoms with van der Waals surface area (Å²) >= 11 is 0. The van der Waals surface area contributed by atoms with Gasteiger partial charge in [0.15, 0.2) is 0 Å². The monoisotopic (exact) mass is 2510 g/mol. The largest absolute Gasteiger partial charge is 0.304 e. The maximum Gasteiger partial charge on any atom is 0.0719 e. The Balaban J connectivity index is 0.000000196. The van der Waals surface area contributed by atoms with Crippen LogP contribution in [-0.2, 0) is 80.4 Å². The van der Waals surface area contributed by atoms with Crippen molar-refractivity contribution >= 4 is 0 Å². The van der Waals surface area contributed by atoms with E-state index in [1.54, 1.807) is 95.7 Å². The third-order valence-electron chi connectivity index (χ3n) is 20.6. The van der Waals surface area contributed by atoms with E-state index < -0.39 is 41.1 Å². The molecule has 0 atom stereocenters. The van der Waals surface area contributed by atoms with Gasteiger partial charge < -0.3 is 39.9 Å². The zero-order valence-electron chi connectivity index (χ0n) is 93.7. The van der Waals surface area contributed by atoms with E-state index in [2.05, 4.69) is 129 Å². The van der Waals surface area contributed by atoms with Gasteiger partial charge in [-0.3, -0.25) is 15.0 Å². The molecule has 11 nitrogen and oxygen atoms in total. The van der Waals surface area contributed by atoms with Crippen LogP contribution in [0.1, 0.15) is 97.0 Å². The van der Waals surface area contributed by atoms with E-state index in [9.17, 15) is 0 Å². The molecule has 690 valence electrons. The number of nitrogens with zero attached hydrogens (tertiary/aromatic N) is 11. The zero-order valence-corrected chi connectivity index (χ0v) is 85.3. The minimum Gasteiger partial charge on any atom is -0.304 e. The quantitative estimate of drug-likeness (QED) is 0.108. The molecule has 20 rings (SSSR count). The van der Waals surface area contributed by atoms with Crippen molar-refractivity contribution in [3.63, 3.8) is 0 Å². The Morgan fingerprint density at radius 3 is 0.701 bits per heavy atom. The molecular weight excluding hydrogens is 2390 g/mol. The molecule has 9 aromatic carbocycles. The van der Waals surface area contributed by atoms with Gasteiger partial charge in [0.05, 0.1) is 11.4 Å². The predicted octanol–water partition coefficient (Wildman–Crippen LogP) is 29.2. The SMILES string of the molecule is Cc1cc(-c2[c-]cccc2)ncc1-c1ccccn1.Cc1cc(-c2[c-]cccc2)ncc1-c1ccccn1.[2H]C([2H])([2H])c1ccc(-c2[c-]cc(-c3ccccc3)cc2)nc1.[2H]C([2H])([2H])c1cnc(-c2[c-]cc(-c3ccccn3)cc2)cc1C.[2H]C([2H])([2H])c1cnc(-c2[c-]cccc2)cc1C.[2H]C([2H])([2H])c1cnc(-c2[c-]cccc2)cc1C.[2H]C([2H])([2H])c1cnc(-c2[c-]cccc2)cc1C.[2H]C([2H])([2H])c1cnc(-c2[c-]cccc2)cc1C.[Ir].[Ir].[Ir].[Ir]. The van der Waals surface area contributed by atoms with E-state index in [0.29, 0.717) is 39.2 Å². The number of benzene rings is 9. The van der Waals surface area contributed by atoms with Gasteiger partial charge in [0.2, 0.25) is 0 Å². The molecule has 0 aliphatic rings. The number of aromatic nitrogens is 11. The molecule has 0 aliphatic heterocycles. The van der Waals surface area contributed by atoms with E-state index >= 15 is 0 Å². The predicted molar refractivity (Wildman–Crippen MR) is 545 cm³/mol. The molecule has 20 aromatic rings. The van der Waals surface area contributed by atoms with Crippen molar-refractivity contribution in [3.8, 4) is 135 Å². The van der Waals surface area contributed by atoms with E-state index in [-0.39, 0.29) is 91.5 Å². The van der Waals surface area contributed by atoms with Crippen molar-refractivity contribution in [2.45, 2.75) is 89.6 Å². The molecule has 0 N–H and O–H groups in total. The van der Waals surface area contributed by atoms with Crippen LogP contribution in [0.5, 0.6) is 0 Å². The molecule has 0 aliphatic carbocycles. The Labute approximate surface area is 888 Å². The van der Waals surface area contributed by atoms with E-state index in [1.807, 2.05) is 279 Å². The van der Waals surface area contributed by atoms with Crippen LogP contribution >= 0.6 is 0 Å². The molecule has 4 radical (unpaired) electrons. The Bertz CT molecular complexity index is 7250. The van der Waals surface area contributed by atoms with Crippen LogP contribution in [-0.4, -0.2) is 54.8 Å². The maximum atomic E-state index is 7.49. The zero-order chi connectivity index (χ0) is 108. The first-order chi connectivity index (χ1) is 72.1. The molecular formula is C122H103Ir4N11-8. The summed E-state index contributed by atoms with van der Waals surface area (Å²) in [5, 5.41) is 0. The van der Waals surface area contributed by atoms with Crippen LogP contribution in [0.15, 0.2) is 390 Å². The van der Waals surface area contributed by atoms with Gasteiger partial charge in [-0.05, 0) is 216 Å². The third kappa shape index (κ3) is 31.9. The fraction of sp³-hybridized carbons (Fsp3) is 0.107. The second-order valence-corrected chi connectivity index (χ2v) is 30.3. The first-order valence-electron chi connectivity index (χ1n) is 51.5. The fourth-order valence-corrected chi connectivity index (χ4v) is 13.0. The molecule has 0 fully saturated rings. The molecule has 0 saturated carbocycles. The Morgan fingerprint density at radius 1 is 0.182 bits per heavy atom. The van der Waals surface area contributed by atoms with Crippen LogP contribution in [0.4, 0.5) is 0 Å². The topological polar surface area (TPSA) is 142 Å². The van der Waals surface area contributed by atoms with E-state index in [4.69, 9.17) is 24.7 Å². The van der Waals surface area contributed by atoms with E-state index in [1.165, 1.54) is 48.3 Å². The van der Waals surface area contributed by atoms with Gasteiger partial charge >= 0.3 is 0 Å². The van der Waals surface area contributed by atoms with Gasteiger partial charge in [0.25, 0.3) is 0 Å². The van der Waals surface area contributed by atoms with E-state index in [0.717, 1.165) is 146 Å². The van der Waals surface area contributed by atoms with Crippen LogP contribution < -0.4 is 0 Å². The Morgan fingerprint density at radius 2 is 0.453 bits per heavy atom. The molecule has 0 spiro atoms. The normalized spacial score (nSPS) is 12.5. The average molecular weight is 2510 g/mol. The fourth-order valence-electron chi connectivity index (χ4n) is 13.0. The van der Waals surface area contributed by atoms with Crippen LogP contribution in [0, 0.1) is 138 Å². The molecule has 0 bridgehead atoms. The summed E-state index contributed by atoms with van der Waals surface area (Å²) in [5.41, 5.74) is 29.3. The first-order valence-corrected chi connectivity index (χ1v) is 42.5. The number of hydrogen-bond donors (Lipinski definition) is 0. The summed E-state index contributed by atoms with van der Waals surface area (Å²) in [4.78, 5) is 47.3. The molecule has 11 heterocycles. The van der Waals surface area contributed by atoms with Crippen molar-refractivity contribution in [2.75, 3.05) is 0 Å². The Hall–Kier alpha value is -13.8. The summed E-state index contributed by atoms with van der Waals surface area (Å²) in [7, 11) is 0. The molecule has 15 heteroatoms. The van der Waals surface area contributed by atoms with Gasteiger partial charge in [-0.1, -0.05) is 148 Å². The minimum absolute atomic E-state index is 0. The second kappa shape index (κ2) is 55.3. The molecule has 0 saturated heterocycles. The average Bonchev–Trinajstić information content (AvgIpc) is 0.807. The minimum atomic E-state index is -2.14. The molecule has 0 unspecified atom stereocenters. The van der Waals surface area contributed by atoms with Crippen molar-refractivity contribution < 1.29 is 105 Å². The van der Waals surface area contributed by atoms with Gasteiger partial charge in [0, 0.05) is 190 Å². The van der Waals surface area contributed by atoms with Gasteiger partial charge in [-0.25, -0.2) is 0 Å². The summed E-state index contributed by atoms with van der Waals surface area (Å²) in [6.07, 6.45) is 17.7. The Kier molecular flexibility index (Phi) is 33.4. The molecule has 11 aromatic heterocycles. The summed E-state index contributed by atoms with van der Waals surface area (Å²) in [5.74, 6) is 0. The van der Waals surface area contributed by atoms with Crippen molar-refractivity contribution in [2.24, 2.45) is 0 Å². The molecule has 0 amide bonds. The maximum absolute atomic E-state index is 7.49. The van der Waals surface area contributed by atoms with Gasteiger partial charge in [-0.2, -0.15) is 0 Å². The standard InChI is InChI=1S/C18H15N2.C18H14N.2C17H13N2.4C13H12N.4Ir/c1-13-11-18(20-12-14(13)2)16-8-6-15(7-9-16)17-5-3-4-10-19-17;1-14-7-12-18(19-13-14)17-10-8-16(9-11-17)15-5-3-2-4-6-15;2*1-13-11-17(14-7-3-2-4-8-14)19-12-15(13)16-9-5-6-10-18-16;4*1-10-8-13(14-9-11(10)2)12-6-4-3-5-7-12;;;;/h3-8,10-12H,1-2H3;2-10,12-13H,1H3;2*2-7,9-12H,1H3;4*3-6,8-9H,1-2H3;;;;/q8*-1;;;;/i2D3;1D3;;;4*2D3;;;;. The number of aryl methyl sites for hydroxylation is 13. The van der Waals surface area contributed by atoms with Gasteiger partial charge in [-0.15, -0.1) is 275 Å². The summed E-state index contributed by atoms with van der Waals surface area (Å²) < 4.78 is 133. The van der Waals surface area contributed by atoms with Crippen LogP contribution in [0.25, 0.3) is 135 Å². The van der Waals surface area contributed by atoms with Crippen molar-refractivity contribution in [1.82, 2.24) is 54.8 Å². The number of pyridine rings is 11. The van der Waals surface area contributed by atoms with Gasteiger partial charge in [0.1, 0.15) is 0 Å². The van der Waals surface area contributed by atoms with Crippen LogP contribution in [0.3, 0.4) is 0 Å². The van der Waals surface area contributed by atoms with Crippen molar-refractivity contribution in [3.05, 3.63) is 511 Å². The van der Waals surface area contributed by atoms with Crippen LogP contribution in [0.2, 0.25) is 0 Å². The second-order valence-electron chi connectivity index (χ2n) is 30.3. The smallest absolute Gasteiger partial charge is 0.0719 e. The number of hydrogen-bond acceptors (Lipinski definition) is 11. The number of rotatable bonds is 12. The summed E-state index contributed by atoms with van der Waals surface area (Å²) in [6.45, 7) is 0.440. The first kappa shape index (κ1) is 82.7.